The lowest BCUT2D eigenvalue weighted by Crippen LogP contribution is -2.33. The molecular formula is C114H133F5N5+5. The maximum absolute atomic E-state index is 15.2. The van der Waals surface area contributed by atoms with Crippen molar-refractivity contribution in [2.24, 2.45) is 35.2 Å². The summed E-state index contributed by atoms with van der Waals surface area (Å²) < 4.78 is 84.2. The molecule has 10 aromatic carbocycles. The molecule has 0 bridgehead atoms. The van der Waals surface area contributed by atoms with E-state index in [-0.39, 0.29) is 70.5 Å². The first-order chi connectivity index (χ1) is 58.3. The highest BCUT2D eigenvalue weighted by molar-refractivity contribution is 5.87. The van der Waals surface area contributed by atoms with Gasteiger partial charge in [-0.25, -0.2) is 22.0 Å². The largest absolute Gasteiger partial charge is 0.213 e. The molecule has 0 atom stereocenters. The van der Waals surface area contributed by atoms with Gasteiger partial charge in [0.1, 0.15) is 64.3 Å². The monoisotopic (exact) mass is 1670 g/mol. The number of halogens is 5. The molecule has 15 aromatic rings. The van der Waals surface area contributed by atoms with Crippen molar-refractivity contribution in [3.63, 3.8) is 0 Å². The maximum atomic E-state index is 15.2. The number of fused-ring (bicyclic) bond motifs is 5. The van der Waals surface area contributed by atoms with E-state index in [9.17, 15) is 13.2 Å². The lowest BCUT2D eigenvalue weighted by Gasteiger charge is -2.17. The average molecular weight is 1670 g/mol. The van der Waals surface area contributed by atoms with Gasteiger partial charge in [0.15, 0.2) is 0 Å². The van der Waals surface area contributed by atoms with Crippen molar-refractivity contribution in [1.82, 2.24) is 0 Å². The van der Waals surface area contributed by atoms with Crippen LogP contribution in [-0.4, -0.2) is 0 Å². The number of rotatable bonds is 12. The summed E-state index contributed by atoms with van der Waals surface area (Å²) in [5.74, 6) is 0.646. The van der Waals surface area contributed by atoms with Crippen LogP contribution in [0.15, 0.2) is 182 Å². The lowest BCUT2D eigenvalue weighted by atomic mass is 9.90. The molecule has 0 saturated carbocycles. The minimum Gasteiger partial charge on any atom is -0.207 e. The summed E-state index contributed by atoms with van der Waals surface area (Å²) in [4.78, 5) is 0. The smallest absolute Gasteiger partial charge is 0.207 e. The van der Waals surface area contributed by atoms with Gasteiger partial charge >= 0.3 is 0 Å². The Hall–Kier alpha value is -11.1. The van der Waals surface area contributed by atoms with E-state index in [1.165, 1.54) is 106 Å². The Kier molecular flexibility index (Phi) is 28.8. The summed E-state index contributed by atoms with van der Waals surface area (Å²) in [7, 11) is 10.4. The van der Waals surface area contributed by atoms with Gasteiger partial charge in [-0.2, -0.15) is 22.8 Å². The van der Waals surface area contributed by atoms with Crippen LogP contribution in [0.1, 0.15) is 250 Å². The van der Waals surface area contributed by atoms with Crippen molar-refractivity contribution >= 4 is 54.5 Å². The quantitative estimate of drug-likeness (QED) is 0.0858. The minimum atomic E-state index is -0.119. The molecule has 0 spiro atoms. The summed E-state index contributed by atoms with van der Waals surface area (Å²) in [5.41, 5.74) is 39.5. The predicted molar refractivity (Wildman–Crippen MR) is 513 cm³/mol. The molecule has 0 unspecified atom stereocenters. The molecule has 5 aromatic heterocycles. The van der Waals surface area contributed by atoms with E-state index in [0.29, 0.717) is 0 Å². The number of aromatic nitrogens is 5. The highest BCUT2D eigenvalue weighted by Gasteiger charge is 2.30. The molecule has 0 radical (unpaired) electrons. The third kappa shape index (κ3) is 19.1. The van der Waals surface area contributed by atoms with Crippen molar-refractivity contribution in [1.29, 1.82) is 0 Å². The number of aryl methyl sites for hydroxylation is 15. The van der Waals surface area contributed by atoms with Crippen LogP contribution in [-0.2, 0) is 35.2 Å². The third-order valence-electron chi connectivity index (χ3n) is 25.7. The van der Waals surface area contributed by atoms with E-state index in [1.54, 1.807) is 18.2 Å². The van der Waals surface area contributed by atoms with Crippen molar-refractivity contribution in [2.45, 2.75) is 228 Å². The van der Waals surface area contributed by atoms with Gasteiger partial charge in [-0.3, -0.25) is 0 Å². The highest BCUT2D eigenvalue weighted by Crippen LogP contribution is 2.40. The van der Waals surface area contributed by atoms with Crippen LogP contribution < -0.4 is 22.8 Å². The molecule has 124 heavy (non-hydrogen) atoms. The second-order valence-corrected chi connectivity index (χ2v) is 37.4. The second kappa shape index (κ2) is 38.2. The first-order valence-corrected chi connectivity index (χ1v) is 44.4. The number of benzene rings is 10. The van der Waals surface area contributed by atoms with Gasteiger partial charge in [0.2, 0.25) is 56.1 Å². The molecule has 0 amide bonds. The van der Waals surface area contributed by atoms with Gasteiger partial charge in [0.05, 0.1) is 16.2 Å². The van der Waals surface area contributed by atoms with Crippen LogP contribution in [0, 0.1) is 119 Å². The van der Waals surface area contributed by atoms with E-state index in [2.05, 4.69) is 325 Å². The molecule has 0 N–H and O–H groups in total. The summed E-state index contributed by atoms with van der Waals surface area (Å²) in [6, 6.07) is 62.1. The number of pyridine rings is 5. The van der Waals surface area contributed by atoms with Crippen molar-refractivity contribution in [3.8, 4) is 56.3 Å². The summed E-state index contributed by atoms with van der Waals surface area (Å²) in [6.45, 7) is 56.6. The summed E-state index contributed by atoms with van der Waals surface area (Å²) in [5, 5.41) is 4.89. The Labute approximate surface area is 737 Å². The molecule has 0 aliphatic carbocycles. The molecule has 0 aliphatic heterocycles. The number of hydrogen-bond acceptors (Lipinski definition) is 0. The van der Waals surface area contributed by atoms with Crippen LogP contribution in [0.4, 0.5) is 22.0 Å². The fraction of sp³-hybridized carbons (Fsp3) is 0.342. The zero-order valence-corrected chi connectivity index (χ0v) is 80.0. The van der Waals surface area contributed by atoms with Crippen LogP contribution >= 0.6 is 0 Å². The first-order valence-electron chi connectivity index (χ1n) is 44.4. The highest BCUT2D eigenvalue weighted by atomic mass is 19.1. The molecule has 0 saturated heterocycles. The van der Waals surface area contributed by atoms with Gasteiger partial charge in [-0.15, -0.1) is 0 Å². The van der Waals surface area contributed by atoms with Gasteiger partial charge in [0, 0.05) is 116 Å². The normalized spacial score (nSPS) is 11.6. The van der Waals surface area contributed by atoms with Crippen molar-refractivity contribution < 1.29 is 44.8 Å². The van der Waals surface area contributed by atoms with E-state index in [1.807, 2.05) is 84.0 Å². The molecule has 0 fully saturated rings. The molecule has 15 rings (SSSR count). The van der Waals surface area contributed by atoms with E-state index in [0.717, 1.165) is 116 Å². The average Bonchev–Trinajstić information content (AvgIpc) is 0.778. The maximum Gasteiger partial charge on any atom is 0.213 e. The van der Waals surface area contributed by atoms with Crippen LogP contribution in [0.3, 0.4) is 0 Å². The first kappa shape index (κ1) is 93.6. The zero-order valence-electron chi connectivity index (χ0n) is 80.0. The Bertz CT molecular complexity index is 6560. The predicted octanol–water partition coefficient (Wildman–Crippen LogP) is 29.2. The minimum absolute atomic E-state index is 0.0390. The standard InChI is InChI=1S/C25H31FN.C24H29FN.2C22H25FN.C21H23FN/c1-14(2)20-13-23-19(24(15(3)4)25(20)26)9-10-22(27(23)8)21-12-16(5)11-17(6)18(21)7;1-14(2)19-13-22-18(23(15(3)4)24(19)25)10-11-21(26(22)7)20-12-16(5)8-9-17(20)6;1-13(2)22-17-7-9-21(24(6)20(17)10-8-19(22)23)18-12-14(3)11-15(4)16(18)5;1-13(2)18-12-22-17(11-20(18)23)7-8-21(24(22)6)19-10-14(3)9-15(4)16(19)5;1-13(2)17-12-21-16(11-19(17)22)8-9-20(23(21)5)18-10-14(3)6-7-15(18)4/h9-15H,1-8H3;8-15H,1-7H3;2*7-13H,1-6H3;6-13H,1-5H3/q5*+1. The lowest BCUT2D eigenvalue weighted by molar-refractivity contribution is -0.633. The molecular weight excluding hydrogens is 1530 g/mol. The molecule has 0 aliphatic rings. The van der Waals surface area contributed by atoms with Gasteiger partial charge in [-0.1, -0.05) is 167 Å². The van der Waals surface area contributed by atoms with Crippen LogP contribution in [0.25, 0.3) is 111 Å². The zero-order chi connectivity index (χ0) is 91.1. The molecule has 644 valence electrons. The Morgan fingerprint density at radius 2 is 0.484 bits per heavy atom. The third-order valence-corrected chi connectivity index (χ3v) is 25.7. The van der Waals surface area contributed by atoms with Crippen molar-refractivity contribution in [2.75, 3.05) is 0 Å². The van der Waals surface area contributed by atoms with Gasteiger partial charge in [-0.05, 0) is 277 Å². The number of hydrogen-bond donors (Lipinski definition) is 0. The summed E-state index contributed by atoms with van der Waals surface area (Å²) >= 11 is 0. The topological polar surface area (TPSA) is 19.4 Å². The van der Waals surface area contributed by atoms with Crippen LogP contribution in [0.2, 0.25) is 0 Å². The van der Waals surface area contributed by atoms with E-state index < -0.39 is 0 Å². The van der Waals surface area contributed by atoms with E-state index in [4.69, 9.17) is 0 Å². The fourth-order valence-corrected chi connectivity index (χ4v) is 18.2. The van der Waals surface area contributed by atoms with Crippen molar-refractivity contribution in [3.05, 3.63) is 322 Å². The SMILES string of the molecule is Cc1cc(C)c(C)c(-c2ccc3c(C(C)C)c(F)c(C(C)C)cc3[n+]2C)c1.Cc1cc(C)c(C)c(-c2ccc3c(C(C)C)c(F)ccc3[n+]2C)c1.Cc1cc(C)c(C)c(-c2ccc3cc(F)c(C(C)C)cc3[n+]2C)c1.Cc1ccc(C)c(-c2ccc3c(C(C)C)c(F)c(C(C)C)cc3[n+]2C)c1.Cc1ccc(C)c(-c2ccc3cc(F)c(C(C)C)cc3[n+]2C)c1. The Morgan fingerprint density at radius 3 is 0.798 bits per heavy atom. The van der Waals surface area contributed by atoms with E-state index >= 15 is 8.78 Å². The molecule has 10 heteroatoms. The molecule has 5 heterocycles. The Morgan fingerprint density at radius 1 is 0.210 bits per heavy atom. The summed E-state index contributed by atoms with van der Waals surface area (Å²) in [6.07, 6.45) is 0. The fourth-order valence-electron chi connectivity index (χ4n) is 18.2. The molecule has 5 nitrogen and oxygen atoms in total. The Balaban J connectivity index is 0.000000151. The number of nitrogens with zero attached hydrogens (tertiary/aromatic N) is 5. The van der Waals surface area contributed by atoms with Gasteiger partial charge in [0.25, 0.3) is 0 Å². The van der Waals surface area contributed by atoms with Crippen LogP contribution in [0.5, 0.6) is 0 Å². The second-order valence-electron chi connectivity index (χ2n) is 37.4. The van der Waals surface area contributed by atoms with Gasteiger partial charge < -0.3 is 0 Å².